The second kappa shape index (κ2) is 7.12. The Labute approximate surface area is 160 Å². The number of anilines is 1. The standard InChI is InChI=1S/C18H17N5O3S/c1-25-14-4-2-3-12-15(14)20-17(19-12)21-18(27)23-22-16(24)11-5-6-13-10(9-11)7-8-26-13/h2-6,9H,7-8H2,1H3,(H,22,24)(H3,19,20,21,23,27). The van der Waals surface area contributed by atoms with Gasteiger partial charge in [-0.2, -0.15) is 0 Å². The number of hydrazine groups is 1. The molecule has 9 heteroatoms. The zero-order chi connectivity index (χ0) is 18.8. The van der Waals surface area contributed by atoms with Gasteiger partial charge >= 0.3 is 0 Å². The number of amides is 1. The van der Waals surface area contributed by atoms with Gasteiger partial charge in [0.15, 0.2) is 5.11 Å². The van der Waals surface area contributed by atoms with E-state index in [2.05, 4.69) is 26.1 Å². The minimum atomic E-state index is -0.292. The summed E-state index contributed by atoms with van der Waals surface area (Å²) >= 11 is 5.20. The van der Waals surface area contributed by atoms with E-state index in [9.17, 15) is 4.79 Å². The topological polar surface area (TPSA) is 100 Å². The molecular formula is C18H17N5O3S. The van der Waals surface area contributed by atoms with Crippen molar-refractivity contribution in [2.24, 2.45) is 0 Å². The number of methoxy groups -OCH3 is 1. The van der Waals surface area contributed by atoms with Gasteiger partial charge in [0.2, 0.25) is 5.95 Å². The average Bonchev–Trinajstić information content (AvgIpc) is 3.31. The van der Waals surface area contributed by atoms with Crippen LogP contribution in [0.15, 0.2) is 36.4 Å². The molecule has 1 aliphatic rings. The Morgan fingerprint density at radius 1 is 1.30 bits per heavy atom. The first-order chi connectivity index (χ1) is 13.1. The number of rotatable bonds is 3. The van der Waals surface area contributed by atoms with Gasteiger partial charge in [0.05, 0.1) is 19.2 Å². The molecule has 0 saturated heterocycles. The maximum Gasteiger partial charge on any atom is 0.269 e. The highest BCUT2D eigenvalue weighted by molar-refractivity contribution is 7.80. The number of hydrogen-bond acceptors (Lipinski definition) is 5. The number of carbonyl (C=O) groups is 1. The molecule has 1 amide bonds. The summed E-state index contributed by atoms with van der Waals surface area (Å²) in [4.78, 5) is 19.8. The third-order valence-electron chi connectivity index (χ3n) is 4.17. The first-order valence-electron chi connectivity index (χ1n) is 8.30. The number of fused-ring (bicyclic) bond motifs is 2. The molecule has 0 fully saturated rings. The largest absolute Gasteiger partial charge is 0.494 e. The van der Waals surface area contributed by atoms with Crippen molar-refractivity contribution < 1.29 is 14.3 Å². The lowest BCUT2D eigenvalue weighted by Crippen LogP contribution is -2.43. The van der Waals surface area contributed by atoms with Crippen LogP contribution in [-0.4, -0.2) is 34.7 Å². The van der Waals surface area contributed by atoms with E-state index >= 15 is 0 Å². The van der Waals surface area contributed by atoms with Gasteiger partial charge in [-0.05, 0) is 48.1 Å². The first kappa shape index (κ1) is 17.1. The monoisotopic (exact) mass is 383 g/mol. The molecule has 1 aromatic heterocycles. The number of para-hydroxylation sites is 1. The quantitative estimate of drug-likeness (QED) is 0.406. The molecule has 3 aromatic rings. The van der Waals surface area contributed by atoms with Gasteiger partial charge in [0.25, 0.3) is 5.91 Å². The minimum Gasteiger partial charge on any atom is -0.494 e. The summed E-state index contributed by atoms with van der Waals surface area (Å²) in [6.45, 7) is 0.648. The zero-order valence-electron chi connectivity index (χ0n) is 14.5. The first-order valence-corrected chi connectivity index (χ1v) is 8.70. The van der Waals surface area contributed by atoms with Crippen molar-refractivity contribution in [3.63, 3.8) is 0 Å². The second-order valence-electron chi connectivity index (χ2n) is 5.89. The molecule has 4 rings (SSSR count). The van der Waals surface area contributed by atoms with E-state index in [-0.39, 0.29) is 11.0 Å². The molecule has 0 atom stereocenters. The van der Waals surface area contributed by atoms with Crippen LogP contribution in [-0.2, 0) is 6.42 Å². The molecule has 1 aliphatic heterocycles. The molecule has 138 valence electrons. The molecule has 0 bridgehead atoms. The highest BCUT2D eigenvalue weighted by atomic mass is 32.1. The summed E-state index contributed by atoms with van der Waals surface area (Å²) < 4.78 is 10.7. The Morgan fingerprint density at radius 3 is 3.04 bits per heavy atom. The van der Waals surface area contributed by atoms with Crippen LogP contribution < -0.4 is 25.6 Å². The van der Waals surface area contributed by atoms with Crippen LogP contribution in [0, 0.1) is 0 Å². The smallest absolute Gasteiger partial charge is 0.269 e. The predicted octanol–water partition coefficient (Wildman–Crippen LogP) is 2.14. The number of carbonyl (C=O) groups excluding carboxylic acids is 1. The van der Waals surface area contributed by atoms with Crippen LogP contribution in [0.3, 0.4) is 0 Å². The van der Waals surface area contributed by atoms with Crippen LogP contribution in [0.25, 0.3) is 11.0 Å². The fourth-order valence-corrected chi connectivity index (χ4v) is 3.03. The summed E-state index contributed by atoms with van der Waals surface area (Å²) in [5.74, 6) is 1.66. The minimum absolute atomic E-state index is 0.200. The van der Waals surface area contributed by atoms with Gasteiger partial charge in [-0.25, -0.2) is 4.98 Å². The van der Waals surface area contributed by atoms with Crippen LogP contribution in [0.5, 0.6) is 11.5 Å². The van der Waals surface area contributed by atoms with Gasteiger partial charge in [0, 0.05) is 12.0 Å². The van der Waals surface area contributed by atoms with E-state index in [1.165, 1.54) is 0 Å². The number of ether oxygens (including phenoxy) is 2. The van der Waals surface area contributed by atoms with Crippen molar-refractivity contribution in [1.82, 2.24) is 20.8 Å². The van der Waals surface area contributed by atoms with E-state index in [1.54, 1.807) is 19.2 Å². The number of imidazole rings is 1. The van der Waals surface area contributed by atoms with Gasteiger partial charge in [-0.3, -0.25) is 15.6 Å². The zero-order valence-corrected chi connectivity index (χ0v) is 15.3. The third kappa shape index (κ3) is 3.49. The SMILES string of the molecule is COc1cccc2nc(NC(=S)NNC(=O)c3ccc4c(c3)CCO4)[nH]c12. The molecule has 27 heavy (non-hydrogen) atoms. The van der Waals surface area contributed by atoms with Crippen molar-refractivity contribution in [2.45, 2.75) is 6.42 Å². The van der Waals surface area contributed by atoms with Crippen molar-refractivity contribution >= 4 is 40.2 Å². The van der Waals surface area contributed by atoms with Gasteiger partial charge in [-0.1, -0.05) is 6.07 Å². The van der Waals surface area contributed by atoms with E-state index in [0.717, 1.165) is 28.8 Å². The number of aromatic nitrogens is 2. The highest BCUT2D eigenvalue weighted by Crippen LogP contribution is 2.26. The summed E-state index contributed by atoms with van der Waals surface area (Å²) in [6.07, 6.45) is 0.805. The average molecular weight is 383 g/mol. The molecule has 0 saturated carbocycles. The van der Waals surface area contributed by atoms with Crippen molar-refractivity contribution in [2.75, 3.05) is 19.0 Å². The molecule has 0 unspecified atom stereocenters. The van der Waals surface area contributed by atoms with Crippen molar-refractivity contribution in [3.8, 4) is 11.5 Å². The Kier molecular flexibility index (Phi) is 4.51. The highest BCUT2D eigenvalue weighted by Gasteiger charge is 2.15. The summed E-state index contributed by atoms with van der Waals surface area (Å²) in [5, 5.41) is 3.09. The second-order valence-corrected chi connectivity index (χ2v) is 6.30. The summed E-state index contributed by atoms with van der Waals surface area (Å²) in [5.41, 5.74) is 8.29. The number of nitrogens with zero attached hydrogens (tertiary/aromatic N) is 1. The van der Waals surface area contributed by atoms with E-state index in [0.29, 0.717) is 23.9 Å². The molecule has 4 N–H and O–H groups in total. The van der Waals surface area contributed by atoms with E-state index < -0.39 is 0 Å². The molecule has 2 aromatic carbocycles. The lowest BCUT2D eigenvalue weighted by atomic mass is 10.1. The van der Waals surface area contributed by atoms with E-state index in [4.69, 9.17) is 21.7 Å². The maximum atomic E-state index is 12.3. The molecule has 2 heterocycles. The fraction of sp³-hybridized carbons (Fsp3) is 0.167. The number of aromatic amines is 1. The number of thiocarbonyl (C=S) groups is 1. The molecule has 0 aliphatic carbocycles. The van der Waals surface area contributed by atoms with Crippen LogP contribution in [0.1, 0.15) is 15.9 Å². The predicted molar refractivity (Wildman–Crippen MR) is 105 cm³/mol. The number of H-pyrrole nitrogens is 1. The van der Waals surface area contributed by atoms with Crippen LogP contribution >= 0.6 is 12.2 Å². The maximum absolute atomic E-state index is 12.3. The van der Waals surface area contributed by atoms with Gasteiger partial charge < -0.3 is 19.8 Å². The molecule has 0 spiro atoms. The van der Waals surface area contributed by atoms with Crippen LogP contribution in [0.4, 0.5) is 5.95 Å². The summed E-state index contributed by atoms with van der Waals surface area (Å²) in [7, 11) is 1.59. The number of hydrogen-bond donors (Lipinski definition) is 4. The molecule has 0 radical (unpaired) electrons. The third-order valence-corrected chi connectivity index (χ3v) is 4.38. The van der Waals surface area contributed by atoms with Gasteiger partial charge in [-0.15, -0.1) is 0 Å². The lowest BCUT2D eigenvalue weighted by molar-refractivity contribution is 0.0944. The van der Waals surface area contributed by atoms with Crippen LogP contribution in [0.2, 0.25) is 0 Å². The Balaban J connectivity index is 1.37. The van der Waals surface area contributed by atoms with Crippen molar-refractivity contribution in [3.05, 3.63) is 47.5 Å². The molecule has 8 nitrogen and oxygen atoms in total. The normalized spacial score (nSPS) is 12.2. The van der Waals surface area contributed by atoms with Gasteiger partial charge in [0.1, 0.15) is 17.0 Å². The van der Waals surface area contributed by atoms with E-state index in [1.807, 2.05) is 24.3 Å². The Bertz CT molecular complexity index is 1030. The Hall–Kier alpha value is -3.33. The Morgan fingerprint density at radius 2 is 2.19 bits per heavy atom. The lowest BCUT2D eigenvalue weighted by Gasteiger charge is -2.10. The fourth-order valence-electron chi connectivity index (χ4n) is 2.89. The summed E-state index contributed by atoms with van der Waals surface area (Å²) in [6, 6.07) is 10.9. The number of benzene rings is 2. The number of nitrogens with one attached hydrogen (secondary N) is 4. The molecular weight excluding hydrogens is 366 g/mol. The van der Waals surface area contributed by atoms with Crippen molar-refractivity contribution in [1.29, 1.82) is 0 Å².